The molecule has 1 unspecified atom stereocenters. The summed E-state index contributed by atoms with van der Waals surface area (Å²) in [5.41, 5.74) is 1.40. The second-order valence-electron chi connectivity index (χ2n) is 10.3. The van der Waals surface area contributed by atoms with Gasteiger partial charge in [-0.3, -0.25) is 0 Å². The molecule has 1 amide bonds. The minimum Gasteiger partial charge on any atom is -0.442 e. The van der Waals surface area contributed by atoms with E-state index in [1.54, 1.807) is 0 Å². The predicted molar refractivity (Wildman–Crippen MR) is 122 cm³/mol. The monoisotopic (exact) mass is 422 g/mol. The van der Waals surface area contributed by atoms with Crippen molar-refractivity contribution in [3.63, 3.8) is 0 Å². The highest BCUT2D eigenvalue weighted by molar-refractivity contribution is 5.80. The Morgan fingerprint density at radius 2 is 1.94 bits per heavy atom. The van der Waals surface area contributed by atoms with E-state index in [1.807, 2.05) is 39.1 Å². The van der Waals surface area contributed by atoms with Crippen molar-refractivity contribution in [1.82, 2.24) is 5.32 Å². The van der Waals surface area contributed by atoms with E-state index in [9.17, 15) is 4.79 Å². The summed E-state index contributed by atoms with van der Waals surface area (Å²) < 4.78 is 5.33. The number of nitriles is 1. The van der Waals surface area contributed by atoms with E-state index in [0.29, 0.717) is 23.7 Å². The number of nitrogens with zero attached hydrogens (tertiary/aromatic N) is 3. The topological polar surface area (TPSA) is 77.7 Å². The number of hydrogen-bond donors (Lipinski definition) is 1. The van der Waals surface area contributed by atoms with Crippen LogP contribution in [-0.4, -0.2) is 42.6 Å². The van der Waals surface area contributed by atoms with Gasteiger partial charge in [-0.15, -0.1) is 0 Å². The number of piperidine rings is 1. The van der Waals surface area contributed by atoms with Crippen molar-refractivity contribution < 1.29 is 9.53 Å². The van der Waals surface area contributed by atoms with Crippen LogP contribution < -0.4 is 10.2 Å². The highest BCUT2D eigenvalue weighted by atomic mass is 16.6. The maximum absolute atomic E-state index is 12.0. The van der Waals surface area contributed by atoms with Crippen LogP contribution in [0.2, 0.25) is 0 Å². The molecule has 0 aromatic heterocycles. The number of carbonyl (C=O) groups excluding carboxylic acids is 1. The number of nitrogens with one attached hydrogen (secondary N) is 1. The number of rotatable bonds is 4. The molecule has 1 aromatic carbocycles. The van der Waals surface area contributed by atoms with E-state index in [-0.39, 0.29) is 5.92 Å². The van der Waals surface area contributed by atoms with Gasteiger partial charge in [0.15, 0.2) is 0 Å². The summed E-state index contributed by atoms with van der Waals surface area (Å²) in [5.74, 6) is 0.986. The van der Waals surface area contributed by atoms with Crippen LogP contribution in [0, 0.1) is 23.2 Å². The number of benzene rings is 1. The van der Waals surface area contributed by atoms with Crippen LogP contribution >= 0.6 is 0 Å². The molecule has 1 heterocycles. The van der Waals surface area contributed by atoms with E-state index < -0.39 is 11.7 Å². The van der Waals surface area contributed by atoms with Crippen LogP contribution in [0.3, 0.4) is 0 Å². The summed E-state index contributed by atoms with van der Waals surface area (Å²) in [4.78, 5) is 18.7. The quantitative estimate of drug-likeness (QED) is 0.713. The van der Waals surface area contributed by atoms with Crippen molar-refractivity contribution >= 4 is 18.0 Å². The van der Waals surface area contributed by atoms with E-state index in [2.05, 4.69) is 33.4 Å². The molecule has 1 aliphatic heterocycles. The summed E-state index contributed by atoms with van der Waals surface area (Å²) in [5, 5.41) is 13.0. The normalized spacial score (nSPS) is 30.5. The Labute approximate surface area is 185 Å². The molecule has 6 heteroatoms. The lowest BCUT2D eigenvalue weighted by Gasteiger charge is -2.39. The predicted octanol–water partition coefficient (Wildman–Crippen LogP) is 4.68. The smallest absolute Gasteiger partial charge is 0.433 e. The lowest BCUT2D eigenvalue weighted by atomic mass is 9.84. The Hall–Kier alpha value is -2.39. The third-order valence-corrected chi connectivity index (χ3v) is 6.82. The van der Waals surface area contributed by atoms with Crippen LogP contribution in [0.25, 0.3) is 0 Å². The van der Waals surface area contributed by atoms with Gasteiger partial charge in [0.05, 0.1) is 11.6 Å². The molecule has 1 aromatic rings. The van der Waals surface area contributed by atoms with Crippen LogP contribution in [0.4, 0.5) is 10.5 Å². The molecule has 2 aliphatic carbocycles. The van der Waals surface area contributed by atoms with E-state index >= 15 is 0 Å². The zero-order valence-corrected chi connectivity index (χ0v) is 18.9. The van der Waals surface area contributed by atoms with Crippen molar-refractivity contribution in [3.8, 4) is 6.07 Å². The SMILES string of the molecule is CC(C)(C)OC(=O)/N=C/C1CCCC[C@H]1N[C@H]1C[C@@H]2C[C@H]1N(c1ccc(C#N)cc1)C2. The molecule has 2 saturated carbocycles. The number of carbonyl (C=O) groups is 1. The van der Waals surface area contributed by atoms with Gasteiger partial charge in [0.1, 0.15) is 5.60 Å². The van der Waals surface area contributed by atoms with Gasteiger partial charge in [-0.05, 0) is 76.6 Å². The van der Waals surface area contributed by atoms with Crippen molar-refractivity contribution in [1.29, 1.82) is 5.26 Å². The molecule has 4 rings (SSSR count). The molecule has 5 atom stereocenters. The van der Waals surface area contributed by atoms with Gasteiger partial charge in [0.25, 0.3) is 0 Å². The van der Waals surface area contributed by atoms with Gasteiger partial charge in [0.2, 0.25) is 0 Å². The molecular weight excluding hydrogens is 388 g/mol. The first-order valence-corrected chi connectivity index (χ1v) is 11.6. The van der Waals surface area contributed by atoms with E-state index in [1.165, 1.54) is 31.4 Å². The van der Waals surface area contributed by atoms with Crippen LogP contribution in [-0.2, 0) is 4.74 Å². The van der Waals surface area contributed by atoms with Gasteiger partial charge in [-0.25, -0.2) is 4.79 Å². The molecule has 2 bridgehead atoms. The Morgan fingerprint density at radius 3 is 2.61 bits per heavy atom. The Bertz CT molecular complexity index is 852. The minimum atomic E-state index is -0.517. The molecule has 1 N–H and O–H groups in total. The number of amides is 1. The number of aliphatic imine (C=N–C) groups is 1. The fourth-order valence-corrected chi connectivity index (χ4v) is 5.49. The maximum atomic E-state index is 12.0. The largest absolute Gasteiger partial charge is 0.442 e. The fraction of sp³-hybridized carbons (Fsp3) is 0.640. The van der Waals surface area contributed by atoms with Crippen molar-refractivity contribution in [2.75, 3.05) is 11.4 Å². The second-order valence-corrected chi connectivity index (χ2v) is 10.3. The zero-order chi connectivity index (χ0) is 22.0. The summed E-state index contributed by atoms with van der Waals surface area (Å²) >= 11 is 0. The van der Waals surface area contributed by atoms with Gasteiger partial charge < -0.3 is 15.0 Å². The van der Waals surface area contributed by atoms with E-state index in [4.69, 9.17) is 10.00 Å². The lowest BCUT2D eigenvalue weighted by Crippen LogP contribution is -2.54. The maximum Gasteiger partial charge on any atom is 0.433 e. The molecule has 0 spiro atoms. The first-order valence-electron chi connectivity index (χ1n) is 11.6. The van der Waals surface area contributed by atoms with Crippen LogP contribution in [0.5, 0.6) is 0 Å². The Morgan fingerprint density at radius 1 is 1.19 bits per heavy atom. The molecule has 0 radical (unpaired) electrons. The van der Waals surface area contributed by atoms with Crippen LogP contribution in [0.15, 0.2) is 29.3 Å². The Balaban J connectivity index is 1.40. The third-order valence-electron chi connectivity index (χ3n) is 6.82. The van der Waals surface area contributed by atoms with Gasteiger partial charge in [-0.2, -0.15) is 10.3 Å². The molecular formula is C25H34N4O2. The first kappa shape index (κ1) is 21.8. The summed E-state index contributed by atoms with van der Waals surface area (Å²) in [6.45, 7) is 6.68. The number of hydrogen-bond acceptors (Lipinski definition) is 5. The summed E-state index contributed by atoms with van der Waals surface area (Å²) in [7, 11) is 0. The second kappa shape index (κ2) is 9.00. The molecule has 3 aliphatic rings. The number of ether oxygens (including phenoxy) is 1. The average molecular weight is 423 g/mol. The first-order chi connectivity index (χ1) is 14.8. The third kappa shape index (κ3) is 5.27. The summed E-state index contributed by atoms with van der Waals surface area (Å²) in [6.07, 6.45) is 8.34. The van der Waals surface area contributed by atoms with Crippen LogP contribution in [0.1, 0.15) is 64.9 Å². The van der Waals surface area contributed by atoms with Gasteiger partial charge in [0, 0.05) is 42.5 Å². The van der Waals surface area contributed by atoms with Crippen molar-refractivity contribution in [2.24, 2.45) is 16.8 Å². The Kier molecular flexibility index (Phi) is 6.34. The van der Waals surface area contributed by atoms with Gasteiger partial charge >= 0.3 is 6.09 Å². The highest BCUT2D eigenvalue weighted by Gasteiger charge is 2.46. The molecule has 6 nitrogen and oxygen atoms in total. The highest BCUT2D eigenvalue weighted by Crippen LogP contribution is 2.41. The molecule has 3 fully saturated rings. The number of fused-ring (bicyclic) bond motifs is 2. The minimum absolute atomic E-state index is 0.267. The average Bonchev–Trinajstić information content (AvgIpc) is 3.32. The molecule has 31 heavy (non-hydrogen) atoms. The standard InChI is InChI=1S/C25H34N4O2/c1-25(2,3)31-24(30)27-15-19-6-4-5-7-21(19)28-22-12-18-13-23(22)29(16-18)20-10-8-17(14-26)9-11-20/h8-11,15,18-19,21-23,28H,4-7,12-13,16H2,1-3H3/b27-15+/t18-,19?,21-,22+,23-/m1/s1. The van der Waals surface area contributed by atoms with Crippen molar-refractivity contribution in [3.05, 3.63) is 29.8 Å². The lowest BCUT2D eigenvalue weighted by molar-refractivity contribution is 0.0604. The van der Waals surface area contributed by atoms with Gasteiger partial charge in [-0.1, -0.05) is 12.8 Å². The fourth-order valence-electron chi connectivity index (χ4n) is 5.49. The molecule has 1 saturated heterocycles. The zero-order valence-electron chi connectivity index (χ0n) is 18.9. The molecule has 166 valence electrons. The number of anilines is 1. The van der Waals surface area contributed by atoms with Crippen molar-refractivity contribution in [2.45, 2.75) is 83.0 Å². The van der Waals surface area contributed by atoms with E-state index in [0.717, 1.165) is 25.3 Å². The summed E-state index contributed by atoms with van der Waals surface area (Å²) in [6, 6.07) is 11.5.